The molecule has 0 spiro atoms. The second-order valence-corrected chi connectivity index (χ2v) is 7.77. The fourth-order valence-electron chi connectivity index (χ4n) is 3.85. The van der Waals surface area contributed by atoms with Crippen LogP contribution >= 0.6 is 0 Å². The van der Waals surface area contributed by atoms with Crippen molar-refractivity contribution in [2.75, 3.05) is 0 Å². The number of nitrogens with one attached hydrogen (secondary N) is 1. The SMILES string of the molecule is Cc1cccc(CN2C(=O)N/C(=C/c3cc(C)n(Cc4ccccc4)c3C)C2=O)c1. The van der Waals surface area contributed by atoms with Crippen molar-refractivity contribution in [3.05, 3.63) is 100 Å². The number of urea groups is 1. The predicted molar refractivity (Wildman–Crippen MR) is 118 cm³/mol. The van der Waals surface area contributed by atoms with Crippen LogP contribution in [0.4, 0.5) is 4.79 Å². The topological polar surface area (TPSA) is 54.3 Å². The number of amides is 3. The zero-order valence-electron chi connectivity index (χ0n) is 17.5. The standard InChI is InChI=1S/C25H25N3O2/c1-17-8-7-11-21(12-17)16-28-24(29)23(26-25(28)30)14-22-13-18(2)27(19(22)3)15-20-9-5-4-6-10-20/h4-14H,15-16H2,1-3H3,(H,26,30)/b23-14+. The van der Waals surface area contributed by atoms with Crippen molar-refractivity contribution in [2.24, 2.45) is 0 Å². The highest BCUT2D eigenvalue weighted by molar-refractivity contribution is 6.13. The lowest BCUT2D eigenvalue weighted by Gasteiger charge is -2.12. The molecule has 5 heteroatoms. The molecular formula is C25H25N3O2. The Labute approximate surface area is 176 Å². The Morgan fingerprint density at radius 3 is 2.33 bits per heavy atom. The summed E-state index contributed by atoms with van der Waals surface area (Å²) in [6.07, 6.45) is 1.78. The van der Waals surface area contributed by atoms with E-state index in [-0.39, 0.29) is 18.5 Å². The minimum atomic E-state index is -0.383. The lowest BCUT2D eigenvalue weighted by molar-refractivity contribution is -0.123. The molecule has 1 N–H and O–H groups in total. The molecule has 0 saturated carbocycles. The van der Waals surface area contributed by atoms with Crippen LogP contribution in [0.15, 0.2) is 66.4 Å². The fraction of sp³-hybridized carbons (Fsp3) is 0.200. The highest BCUT2D eigenvalue weighted by Gasteiger charge is 2.33. The first-order valence-corrected chi connectivity index (χ1v) is 10.0. The lowest BCUT2D eigenvalue weighted by Crippen LogP contribution is -2.30. The van der Waals surface area contributed by atoms with Crippen molar-refractivity contribution in [3.63, 3.8) is 0 Å². The van der Waals surface area contributed by atoms with Crippen molar-refractivity contribution in [2.45, 2.75) is 33.9 Å². The van der Waals surface area contributed by atoms with Crippen molar-refractivity contribution in [1.29, 1.82) is 0 Å². The van der Waals surface area contributed by atoms with Gasteiger partial charge in [0.2, 0.25) is 0 Å². The molecule has 0 radical (unpaired) electrons. The number of imide groups is 1. The van der Waals surface area contributed by atoms with Gasteiger partial charge in [-0.1, -0.05) is 60.2 Å². The second kappa shape index (κ2) is 8.03. The summed E-state index contributed by atoms with van der Waals surface area (Å²) in [5.41, 5.74) is 6.66. The van der Waals surface area contributed by atoms with E-state index in [2.05, 4.69) is 28.9 Å². The first-order chi connectivity index (χ1) is 14.4. The molecule has 5 nitrogen and oxygen atoms in total. The molecule has 0 bridgehead atoms. The number of aromatic nitrogens is 1. The summed E-state index contributed by atoms with van der Waals surface area (Å²) in [6, 6.07) is 19.8. The van der Waals surface area contributed by atoms with E-state index in [1.807, 2.05) is 62.4 Å². The Hall–Kier alpha value is -3.60. The molecule has 0 atom stereocenters. The summed E-state index contributed by atoms with van der Waals surface area (Å²) < 4.78 is 2.22. The van der Waals surface area contributed by atoms with Gasteiger partial charge in [0.1, 0.15) is 5.70 Å². The van der Waals surface area contributed by atoms with Crippen molar-refractivity contribution in [3.8, 4) is 0 Å². The molecule has 1 aromatic heterocycles. The molecule has 2 heterocycles. The van der Waals surface area contributed by atoms with E-state index in [1.165, 1.54) is 10.5 Å². The van der Waals surface area contributed by atoms with Crippen molar-refractivity contribution in [1.82, 2.24) is 14.8 Å². The van der Waals surface area contributed by atoms with Crippen LogP contribution in [0.1, 0.15) is 33.6 Å². The predicted octanol–water partition coefficient (Wildman–Crippen LogP) is 4.55. The molecule has 3 aromatic rings. The summed E-state index contributed by atoms with van der Waals surface area (Å²) in [5, 5.41) is 2.73. The van der Waals surface area contributed by atoms with E-state index in [9.17, 15) is 9.59 Å². The molecule has 30 heavy (non-hydrogen) atoms. The maximum absolute atomic E-state index is 12.9. The van der Waals surface area contributed by atoms with Gasteiger partial charge in [0.25, 0.3) is 5.91 Å². The van der Waals surface area contributed by atoms with E-state index in [0.29, 0.717) is 5.70 Å². The summed E-state index contributed by atoms with van der Waals surface area (Å²) in [6.45, 7) is 7.11. The van der Waals surface area contributed by atoms with Crippen LogP contribution in [0.5, 0.6) is 0 Å². The Morgan fingerprint density at radius 2 is 1.60 bits per heavy atom. The lowest BCUT2D eigenvalue weighted by atomic mass is 10.1. The third-order valence-corrected chi connectivity index (χ3v) is 5.48. The van der Waals surface area contributed by atoms with E-state index >= 15 is 0 Å². The first-order valence-electron chi connectivity index (χ1n) is 10.0. The van der Waals surface area contributed by atoms with E-state index in [0.717, 1.165) is 34.6 Å². The van der Waals surface area contributed by atoms with Gasteiger partial charge in [0.05, 0.1) is 6.54 Å². The van der Waals surface area contributed by atoms with Gasteiger partial charge < -0.3 is 9.88 Å². The van der Waals surface area contributed by atoms with Gasteiger partial charge in [-0.25, -0.2) is 4.79 Å². The van der Waals surface area contributed by atoms with Crippen LogP contribution in [-0.4, -0.2) is 21.4 Å². The van der Waals surface area contributed by atoms with Crippen molar-refractivity contribution >= 4 is 18.0 Å². The van der Waals surface area contributed by atoms with Gasteiger partial charge in [-0.05, 0) is 49.6 Å². The number of hydrogen-bond acceptors (Lipinski definition) is 2. The average molecular weight is 399 g/mol. The molecule has 1 fully saturated rings. The van der Waals surface area contributed by atoms with Crippen molar-refractivity contribution < 1.29 is 9.59 Å². The van der Waals surface area contributed by atoms with Crippen LogP contribution in [-0.2, 0) is 17.9 Å². The number of benzene rings is 2. The van der Waals surface area contributed by atoms with Gasteiger partial charge in [-0.2, -0.15) is 0 Å². The summed E-state index contributed by atoms with van der Waals surface area (Å²) in [7, 11) is 0. The number of nitrogens with zero attached hydrogens (tertiary/aromatic N) is 2. The molecule has 1 aliphatic rings. The average Bonchev–Trinajstić information content (AvgIpc) is 3.13. The van der Waals surface area contributed by atoms with E-state index in [1.54, 1.807) is 6.08 Å². The first kappa shape index (κ1) is 19.7. The molecule has 152 valence electrons. The van der Waals surface area contributed by atoms with Gasteiger partial charge in [-0.3, -0.25) is 9.69 Å². The number of rotatable bonds is 5. The van der Waals surface area contributed by atoms with Gasteiger partial charge in [0, 0.05) is 17.9 Å². The van der Waals surface area contributed by atoms with E-state index < -0.39 is 0 Å². The van der Waals surface area contributed by atoms with Crippen LogP contribution < -0.4 is 5.32 Å². The number of carbonyl (C=O) groups excluding carboxylic acids is 2. The molecule has 1 aliphatic heterocycles. The monoisotopic (exact) mass is 399 g/mol. The Morgan fingerprint density at radius 1 is 0.867 bits per heavy atom. The summed E-state index contributed by atoms with van der Waals surface area (Å²) in [5.74, 6) is -0.297. The van der Waals surface area contributed by atoms with Crippen LogP contribution in [0.2, 0.25) is 0 Å². The maximum atomic E-state index is 12.9. The van der Waals surface area contributed by atoms with Crippen LogP contribution in [0.25, 0.3) is 6.08 Å². The fourth-order valence-corrected chi connectivity index (χ4v) is 3.85. The second-order valence-electron chi connectivity index (χ2n) is 7.77. The zero-order chi connectivity index (χ0) is 21.3. The Kier molecular flexibility index (Phi) is 5.27. The number of hydrogen-bond donors (Lipinski definition) is 1. The molecule has 1 saturated heterocycles. The highest BCUT2D eigenvalue weighted by atomic mass is 16.2. The largest absolute Gasteiger partial charge is 0.344 e. The smallest absolute Gasteiger partial charge is 0.329 e. The van der Waals surface area contributed by atoms with Gasteiger partial charge >= 0.3 is 6.03 Å². The molecule has 0 unspecified atom stereocenters. The Balaban J connectivity index is 1.57. The minimum absolute atomic E-state index is 0.261. The zero-order valence-corrected chi connectivity index (χ0v) is 17.5. The van der Waals surface area contributed by atoms with Crippen LogP contribution in [0.3, 0.4) is 0 Å². The molecule has 4 rings (SSSR count). The molecule has 3 amide bonds. The highest BCUT2D eigenvalue weighted by Crippen LogP contribution is 2.22. The number of carbonyl (C=O) groups is 2. The molecule has 2 aromatic carbocycles. The Bertz CT molecular complexity index is 1140. The maximum Gasteiger partial charge on any atom is 0.329 e. The third kappa shape index (κ3) is 3.92. The summed E-state index contributed by atoms with van der Waals surface area (Å²) in [4.78, 5) is 26.5. The minimum Gasteiger partial charge on any atom is -0.344 e. The normalized spacial score (nSPS) is 15.2. The van der Waals surface area contributed by atoms with Crippen LogP contribution in [0, 0.1) is 20.8 Å². The van der Waals surface area contributed by atoms with E-state index in [4.69, 9.17) is 0 Å². The van der Waals surface area contributed by atoms with Gasteiger partial charge in [0.15, 0.2) is 0 Å². The molecule has 0 aliphatic carbocycles. The quantitative estimate of drug-likeness (QED) is 0.505. The molecular weight excluding hydrogens is 374 g/mol. The summed E-state index contributed by atoms with van der Waals surface area (Å²) >= 11 is 0. The van der Waals surface area contributed by atoms with Gasteiger partial charge in [-0.15, -0.1) is 0 Å². The number of aryl methyl sites for hydroxylation is 2. The third-order valence-electron chi connectivity index (χ3n) is 5.48.